The van der Waals surface area contributed by atoms with Gasteiger partial charge < -0.3 is 8.83 Å². The zero-order valence-corrected chi connectivity index (χ0v) is 35.7. The van der Waals surface area contributed by atoms with Gasteiger partial charge in [0.25, 0.3) is 0 Å². The summed E-state index contributed by atoms with van der Waals surface area (Å²) in [7, 11) is 0. The van der Waals surface area contributed by atoms with Crippen LogP contribution in [0.2, 0.25) is 0 Å². The molecule has 0 radical (unpaired) electrons. The van der Waals surface area contributed by atoms with Crippen molar-refractivity contribution in [1.82, 2.24) is 15.0 Å². The van der Waals surface area contributed by atoms with E-state index in [9.17, 15) is 0 Å². The Kier molecular flexibility index (Phi) is 8.18. The quantitative estimate of drug-likeness (QED) is 0.167. The molecule has 0 aliphatic heterocycles. The molecule has 0 N–H and O–H groups in total. The first-order valence-electron chi connectivity index (χ1n) is 22.1. The van der Waals surface area contributed by atoms with E-state index in [4.69, 9.17) is 23.8 Å². The molecule has 3 aromatic heterocycles. The Hall–Kier alpha value is -8.41. The lowest BCUT2D eigenvalue weighted by Gasteiger charge is -2.21. The largest absolute Gasteiger partial charge is 0.456 e. The molecule has 5 nitrogen and oxygen atoms in total. The number of aromatic nitrogens is 3. The molecule has 12 aromatic rings. The molecule has 306 valence electrons. The number of fused-ring (bicyclic) bond motifs is 9. The lowest BCUT2D eigenvalue weighted by molar-refractivity contribution is 0.660. The number of furan rings is 2. The predicted octanol–water partition coefficient (Wildman–Crippen LogP) is 16.0. The van der Waals surface area contributed by atoms with Gasteiger partial charge in [-0.15, -0.1) is 0 Å². The number of para-hydroxylation sites is 1. The monoisotopic (exact) mass is 833 g/mol. The van der Waals surface area contributed by atoms with Gasteiger partial charge in [-0.2, -0.15) is 0 Å². The van der Waals surface area contributed by atoms with Gasteiger partial charge in [-0.05, 0) is 110 Å². The maximum Gasteiger partial charge on any atom is 0.164 e. The van der Waals surface area contributed by atoms with Crippen molar-refractivity contribution in [3.8, 4) is 78.7 Å². The van der Waals surface area contributed by atoms with E-state index < -0.39 is 0 Å². The highest BCUT2D eigenvalue weighted by Gasteiger charge is 2.35. The molecule has 0 spiro atoms. The molecule has 0 saturated heterocycles. The molecular weight excluding hydrogens is 795 g/mol. The first-order chi connectivity index (χ1) is 31.9. The molecular formula is C60H39N3O2. The molecule has 13 rings (SSSR count). The van der Waals surface area contributed by atoms with Gasteiger partial charge in [0.2, 0.25) is 0 Å². The summed E-state index contributed by atoms with van der Waals surface area (Å²) in [5.74, 6) is 1.69. The van der Waals surface area contributed by atoms with E-state index in [1.54, 1.807) is 0 Å². The van der Waals surface area contributed by atoms with Crippen molar-refractivity contribution >= 4 is 43.9 Å². The van der Waals surface area contributed by atoms with Crippen molar-refractivity contribution in [3.05, 3.63) is 211 Å². The molecule has 0 amide bonds. The number of nitrogens with zero attached hydrogens (tertiary/aromatic N) is 3. The minimum atomic E-state index is -0.0322. The van der Waals surface area contributed by atoms with Crippen molar-refractivity contribution < 1.29 is 8.83 Å². The van der Waals surface area contributed by atoms with Crippen LogP contribution in [0, 0.1) is 0 Å². The molecule has 9 aromatic carbocycles. The van der Waals surface area contributed by atoms with Crippen molar-refractivity contribution in [2.45, 2.75) is 19.3 Å². The second-order valence-electron chi connectivity index (χ2n) is 17.6. The Balaban J connectivity index is 0.949. The summed E-state index contributed by atoms with van der Waals surface area (Å²) >= 11 is 0. The van der Waals surface area contributed by atoms with E-state index in [0.717, 1.165) is 82.8 Å². The van der Waals surface area contributed by atoms with Gasteiger partial charge in [0.1, 0.15) is 22.3 Å². The third-order valence-corrected chi connectivity index (χ3v) is 13.3. The minimum absolute atomic E-state index is 0.0322. The van der Waals surface area contributed by atoms with Crippen molar-refractivity contribution in [2.75, 3.05) is 0 Å². The summed E-state index contributed by atoms with van der Waals surface area (Å²) in [6.45, 7) is 4.65. The number of rotatable bonds is 6. The molecule has 0 saturated carbocycles. The van der Waals surface area contributed by atoms with Crippen LogP contribution in [-0.4, -0.2) is 15.0 Å². The van der Waals surface area contributed by atoms with Crippen LogP contribution in [0.25, 0.3) is 123 Å². The summed E-state index contributed by atoms with van der Waals surface area (Å²) in [4.78, 5) is 15.7. The summed E-state index contributed by atoms with van der Waals surface area (Å²) in [6.07, 6.45) is 0. The molecule has 0 bridgehead atoms. The Morgan fingerprint density at radius 1 is 0.308 bits per heavy atom. The van der Waals surface area contributed by atoms with E-state index in [1.165, 1.54) is 33.4 Å². The predicted molar refractivity (Wildman–Crippen MR) is 265 cm³/mol. The van der Waals surface area contributed by atoms with Gasteiger partial charge in [-0.25, -0.2) is 15.0 Å². The van der Waals surface area contributed by atoms with Crippen LogP contribution in [0.1, 0.15) is 25.0 Å². The smallest absolute Gasteiger partial charge is 0.164 e. The number of hydrogen-bond donors (Lipinski definition) is 0. The van der Waals surface area contributed by atoms with Crippen molar-refractivity contribution in [1.29, 1.82) is 0 Å². The Labute approximate surface area is 375 Å². The summed E-state index contributed by atoms with van der Waals surface area (Å²) in [5, 5.41) is 4.07. The van der Waals surface area contributed by atoms with E-state index >= 15 is 0 Å². The number of benzene rings is 9. The Bertz CT molecular complexity index is 3880. The molecule has 65 heavy (non-hydrogen) atoms. The molecule has 0 atom stereocenters. The highest BCUT2D eigenvalue weighted by molar-refractivity contribution is 6.13. The summed E-state index contributed by atoms with van der Waals surface area (Å²) < 4.78 is 12.9. The van der Waals surface area contributed by atoms with Crippen LogP contribution in [0.3, 0.4) is 0 Å². The first kappa shape index (κ1) is 37.2. The highest BCUT2D eigenvalue weighted by atomic mass is 16.3. The lowest BCUT2D eigenvalue weighted by atomic mass is 9.82. The molecule has 5 heteroatoms. The van der Waals surface area contributed by atoms with E-state index in [0.29, 0.717) is 17.5 Å². The van der Waals surface area contributed by atoms with Crippen molar-refractivity contribution in [2.24, 2.45) is 0 Å². The van der Waals surface area contributed by atoms with Crippen molar-refractivity contribution in [3.63, 3.8) is 0 Å². The third-order valence-electron chi connectivity index (χ3n) is 13.3. The van der Waals surface area contributed by atoms with Gasteiger partial charge in [-0.3, -0.25) is 0 Å². The molecule has 0 fully saturated rings. The van der Waals surface area contributed by atoms with Gasteiger partial charge in [-0.1, -0.05) is 159 Å². The minimum Gasteiger partial charge on any atom is -0.456 e. The fourth-order valence-corrected chi connectivity index (χ4v) is 10.1. The zero-order valence-electron chi connectivity index (χ0n) is 35.7. The van der Waals surface area contributed by atoms with Crippen LogP contribution in [0.5, 0.6) is 0 Å². The molecule has 1 aliphatic rings. The van der Waals surface area contributed by atoms with E-state index in [1.807, 2.05) is 42.5 Å². The molecule has 3 heterocycles. The standard InChI is InChI=1S/C60H39N3O2/c1-60(2)50-22-8-6-19-44(50)48-33-40(26-29-51(48)60)38-16-10-17-39(31-38)41-27-30-53-49(34-41)56-47(21-12-24-54(56)64-53)59-62-57(42-18-11-15-37(32-42)36-13-4-3-5-14-36)61-58(63-59)43-25-28-46-45-20-7-9-23-52(45)65-55(46)35-43/h3-35H,1-2H3. The normalized spacial score (nSPS) is 12.9. The van der Waals surface area contributed by atoms with E-state index in [2.05, 4.69) is 172 Å². The summed E-state index contributed by atoms with van der Waals surface area (Å²) in [6, 6.07) is 70.3. The second kappa shape index (κ2) is 14.3. The fourth-order valence-electron chi connectivity index (χ4n) is 10.1. The van der Waals surface area contributed by atoms with E-state index in [-0.39, 0.29) is 5.41 Å². The zero-order chi connectivity index (χ0) is 43.2. The molecule has 0 unspecified atom stereocenters. The molecule has 1 aliphatic carbocycles. The second-order valence-corrected chi connectivity index (χ2v) is 17.6. The van der Waals surface area contributed by atoms with Gasteiger partial charge >= 0.3 is 0 Å². The maximum atomic E-state index is 6.57. The lowest BCUT2D eigenvalue weighted by Crippen LogP contribution is -2.14. The fraction of sp³-hybridized carbons (Fsp3) is 0.0500. The van der Waals surface area contributed by atoms with Crippen LogP contribution in [0.4, 0.5) is 0 Å². The van der Waals surface area contributed by atoms with Crippen LogP contribution >= 0.6 is 0 Å². The highest BCUT2D eigenvalue weighted by Crippen LogP contribution is 2.50. The van der Waals surface area contributed by atoms with Gasteiger partial charge in [0.15, 0.2) is 17.5 Å². The number of hydrogen-bond acceptors (Lipinski definition) is 5. The topological polar surface area (TPSA) is 65.0 Å². The van der Waals surface area contributed by atoms with Crippen LogP contribution in [0.15, 0.2) is 209 Å². The van der Waals surface area contributed by atoms with Gasteiger partial charge in [0.05, 0.1) is 0 Å². The summed E-state index contributed by atoms with van der Waals surface area (Å²) in [5.41, 5.74) is 17.9. The third kappa shape index (κ3) is 6.04. The average Bonchev–Trinajstić information content (AvgIpc) is 4.01. The Morgan fingerprint density at radius 2 is 0.831 bits per heavy atom. The SMILES string of the molecule is CC1(C)c2ccccc2-c2cc(-c3cccc(-c4ccc5oc6cccc(-c7nc(-c8cccc(-c9ccccc9)c8)nc(-c8ccc9c(c8)oc8ccccc89)n7)c6c5c4)c3)ccc21. The first-order valence-corrected chi connectivity index (χ1v) is 22.1. The van der Waals surface area contributed by atoms with Crippen LogP contribution in [-0.2, 0) is 5.41 Å². The average molecular weight is 834 g/mol. The van der Waals surface area contributed by atoms with Gasteiger partial charge in [0, 0.05) is 43.7 Å². The Morgan fingerprint density at radius 3 is 1.68 bits per heavy atom. The maximum absolute atomic E-state index is 6.57. The van der Waals surface area contributed by atoms with Crippen LogP contribution < -0.4 is 0 Å².